The molecule has 0 fully saturated rings. The molecule has 0 aliphatic rings. The number of nitrogens with zero attached hydrogens (tertiary/aromatic N) is 2. The van der Waals surface area contributed by atoms with Crippen LogP contribution >= 0.6 is 22.9 Å². The van der Waals surface area contributed by atoms with Crippen molar-refractivity contribution in [2.24, 2.45) is 0 Å². The Hall–Kier alpha value is -1.20. The number of aromatic nitrogens is 2. The largest absolute Gasteiger partial charge is 0.361 e. The number of nitrogens with one attached hydrogen (secondary N) is 1. The fourth-order valence-corrected chi connectivity index (χ4v) is 2.04. The SMILES string of the molecule is Cc1csc(CNc2ncc(Cl)cc2F)n1. The molecule has 2 heterocycles. The van der Waals surface area contributed by atoms with Gasteiger partial charge in [-0.05, 0) is 13.0 Å². The van der Waals surface area contributed by atoms with E-state index in [2.05, 4.69) is 15.3 Å². The third-order valence-electron chi connectivity index (χ3n) is 1.88. The van der Waals surface area contributed by atoms with Crippen LogP contribution in [-0.4, -0.2) is 9.97 Å². The molecule has 84 valence electrons. The van der Waals surface area contributed by atoms with Crippen molar-refractivity contribution in [1.82, 2.24) is 9.97 Å². The molecule has 6 heteroatoms. The van der Waals surface area contributed by atoms with E-state index in [0.717, 1.165) is 10.7 Å². The first-order valence-electron chi connectivity index (χ1n) is 4.61. The Labute approximate surface area is 101 Å². The van der Waals surface area contributed by atoms with E-state index in [1.54, 1.807) is 0 Å². The lowest BCUT2D eigenvalue weighted by Gasteiger charge is -2.04. The monoisotopic (exact) mass is 257 g/mol. The van der Waals surface area contributed by atoms with Crippen LogP contribution in [0.2, 0.25) is 5.02 Å². The predicted molar refractivity (Wildman–Crippen MR) is 63.4 cm³/mol. The van der Waals surface area contributed by atoms with Gasteiger partial charge in [0.05, 0.1) is 11.6 Å². The fourth-order valence-electron chi connectivity index (χ4n) is 1.19. The molecule has 0 atom stereocenters. The smallest absolute Gasteiger partial charge is 0.166 e. The number of thiazole rings is 1. The molecule has 0 aliphatic carbocycles. The van der Waals surface area contributed by atoms with Crippen LogP contribution in [0.5, 0.6) is 0 Å². The third kappa shape index (κ3) is 2.68. The molecular weight excluding hydrogens is 249 g/mol. The number of pyridine rings is 1. The number of halogens is 2. The summed E-state index contributed by atoms with van der Waals surface area (Å²) in [5.74, 6) is -0.266. The third-order valence-corrected chi connectivity index (χ3v) is 3.05. The average Bonchev–Trinajstić information content (AvgIpc) is 2.63. The molecule has 0 spiro atoms. The van der Waals surface area contributed by atoms with E-state index < -0.39 is 5.82 Å². The zero-order valence-electron chi connectivity index (χ0n) is 8.50. The standard InChI is InChI=1S/C10H9ClFN3S/c1-6-5-16-9(15-6)4-14-10-8(12)2-7(11)3-13-10/h2-3,5H,4H2,1H3,(H,13,14). The average molecular weight is 258 g/mol. The Morgan fingerprint density at radius 1 is 1.56 bits per heavy atom. The second kappa shape index (κ2) is 4.76. The highest BCUT2D eigenvalue weighted by molar-refractivity contribution is 7.09. The summed E-state index contributed by atoms with van der Waals surface area (Å²) in [6.07, 6.45) is 1.40. The van der Waals surface area contributed by atoms with Gasteiger partial charge in [-0.1, -0.05) is 11.6 Å². The molecule has 0 bridgehead atoms. The number of anilines is 1. The molecule has 0 radical (unpaired) electrons. The molecule has 1 N–H and O–H groups in total. The Morgan fingerprint density at radius 3 is 3.00 bits per heavy atom. The summed E-state index contributed by atoms with van der Waals surface area (Å²) in [5.41, 5.74) is 0.964. The summed E-state index contributed by atoms with van der Waals surface area (Å²) in [6.45, 7) is 2.38. The van der Waals surface area contributed by atoms with E-state index in [1.807, 2.05) is 12.3 Å². The highest BCUT2D eigenvalue weighted by Gasteiger charge is 2.05. The number of hydrogen-bond acceptors (Lipinski definition) is 4. The van der Waals surface area contributed by atoms with Crippen LogP contribution in [0.1, 0.15) is 10.7 Å². The lowest BCUT2D eigenvalue weighted by atomic mass is 10.4. The maximum atomic E-state index is 13.3. The van der Waals surface area contributed by atoms with Crippen LogP contribution in [0, 0.1) is 12.7 Å². The summed E-state index contributed by atoms with van der Waals surface area (Å²) in [7, 11) is 0. The first-order chi connectivity index (χ1) is 7.65. The van der Waals surface area contributed by atoms with Crippen molar-refractivity contribution in [2.75, 3.05) is 5.32 Å². The number of aryl methyl sites for hydroxylation is 1. The molecule has 0 aliphatic heterocycles. The van der Waals surface area contributed by atoms with E-state index in [-0.39, 0.29) is 10.8 Å². The van der Waals surface area contributed by atoms with Crippen molar-refractivity contribution in [1.29, 1.82) is 0 Å². The van der Waals surface area contributed by atoms with Gasteiger partial charge in [0.15, 0.2) is 11.6 Å². The fraction of sp³-hybridized carbons (Fsp3) is 0.200. The van der Waals surface area contributed by atoms with Crippen molar-refractivity contribution in [3.63, 3.8) is 0 Å². The van der Waals surface area contributed by atoms with Gasteiger partial charge in [-0.3, -0.25) is 0 Å². The van der Waals surface area contributed by atoms with Gasteiger partial charge in [0, 0.05) is 17.3 Å². The predicted octanol–water partition coefficient (Wildman–Crippen LogP) is 3.25. The van der Waals surface area contributed by atoms with Crippen molar-refractivity contribution >= 4 is 28.8 Å². The molecule has 3 nitrogen and oxygen atoms in total. The van der Waals surface area contributed by atoms with Crippen LogP contribution in [0.15, 0.2) is 17.6 Å². The molecular formula is C10H9ClFN3S. The second-order valence-corrected chi connectivity index (χ2v) is 4.60. The van der Waals surface area contributed by atoms with Gasteiger partial charge < -0.3 is 5.32 Å². The zero-order chi connectivity index (χ0) is 11.5. The van der Waals surface area contributed by atoms with Crippen LogP contribution in [0.3, 0.4) is 0 Å². The van der Waals surface area contributed by atoms with Gasteiger partial charge in [-0.15, -0.1) is 11.3 Å². The van der Waals surface area contributed by atoms with E-state index >= 15 is 0 Å². The minimum absolute atomic E-state index is 0.192. The molecule has 0 saturated carbocycles. The molecule has 0 saturated heterocycles. The zero-order valence-corrected chi connectivity index (χ0v) is 10.1. The summed E-state index contributed by atoms with van der Waals surface area (Å²) in [5, 5.41) is 6.00. The molecule has 0 aromatic carbocycles. The highest BCUT2D eigenvalue weighted by atomic mass is 35.5. The minimum atomic E-state index is -0.458. The maximum absolute atomic E-state index is 13.3. The first kappa shape index (κ1) is 11.3. The molecule has 2 rings (SSSR count). The van der Waals surface area contributed by atoms with Crippen molar-refractivity contribution in [3.8, 4) is 0 Å². The Bertz CT molecular complexity index is 501. The van der Waals surface area contributed by atoms with E-state index in [1.165, 1.54) is 23.6 Å². The Morgan fingerprint density at radius 2 is 2.38 bits per heavy atom. The van der Waals surface area contributed by atoms with Gasteiger partial charge in [-0.25, -0.2) is 14.4 Å². The van der Waals surface area contributed by atoms with Gasteiger partial charge in [0.2, 0.25) is 0 Å². The topological polar surface area (TPSA) is 37.8 Å². The van der Waals surface area contributed by atoms with Crippen LogP contribution in [0.4, 0.5) is 10.2 Å². The van der Waals surface area contributed by atoms with Crippen LogP contribution < -0.4 is 5.32 Å². The number of hydrogen-bond donors (Lipinski definition) is 1. The highest BCUT2D eigenvalue weighted by Crippen LogP contribution is 2.17. The normalized spacial score (nSPS) is 10.4. The number of rotatable bonds is 3. The second-order valence-electron chi connectivity index (χ2n) is 3.22. The van der Waals surface area contributed by atoms with Gasteiger partial charge in [0.1, 0.15) is 5.01 Å². The molecule has 2 aromatic rings. The molecule has 2 aromatic heterocycles. The summed E-state index contributed by atoms with van der Waals surface area (Å²) >= 11 is 7.12. The van der Waals surface area contributed by atoms with Crippen LogP contribution in [-0.2, 0) is 6.54 Å². The van der Waals surface area contributed by atoms with E-state index in [4.69, 9.17) is 11.6 Å². The van der Waals surface area contributed by atoms with Crippen molar-refractivity contribution in [3.05, 3.63) is 39.2 Å². The van der Waals surface area contributed by atoms with E-state index in [9.17, 15) is 4.39 Å². The lowest BCUT2D eigenvalue weighted by Crippen LogP contribution is -2.03. The van der Waals surface area contributed by atoms with Crippen LogP contribution in [0.25, 0.3) is 0 Å². The quantitative estimate of drug-likeness (QED) is 0.917. The van der Waals surface area contributed by atoms with E-state index in [0.29, 0.717) is 6.54 Å². The summed E-state index contributed by atoms with van der Waals surface area (Å²) < 4.78 is 13.3. The Balaban J connectivity index is 2.04. The molecule has 0 amide bonds. The van der Waals surface area contributed by atoms with Gasteiger partial charge >= 0.3 is 0 Å². The first-order valence-corrected chi connectivity index (χ1v) is 5.87. The lowest BCUT2D eigenvalue weighted by molar-refractivity contribution is 0.624. The Kier molecular flexibility index (Phi) is 3.36. The van der Waals surface area contributed by atoms with Gasteiger partial charge in [-0.2, -0.15) is 0 Å². The van der Waals surface area contributed by atoms with Crippen molar-refractivity contribution < 1.29 is 4.39 Å². The molecule has 0 unspecified atom stereocenters. The van der Waals surface area contributed by atoms with Crippen molar-refractivity contribution in [2.45, 2.75) is 13.5 Å². The molecule has 16 heavy (non-hydrogen) atoms. The maximum Gasteiger partial charge on any atom is 0.166 e. The summed E-state index contributed by atoms with van der Waals surface area (Å²) in [6, 6.07) is 1.23. The van der Waals surface area contributed by atoms with Gasteiger partial charge in [0.25, 0.3) is 0 Å². The minimum Gasteiger partial charge on any atom is -0.361 e. The summed E-state index contributed by atoms with van der Waals surface area (Å²) in [4.78, 5) is 8.11.